The fourth-order valence-electron chi connectivity index (χ4n) is 3.40. The Morgan fingerprint density at radius 2 is 1.89 bits per heavy atom. The van der Waals surface area contributed by atoms with Crippen LogP contribution in [-0.4, -0.2) is 7.05 Å². The first-order valence-electron chi connectivity index (χ1n) is 7.23. The van der Waals surface area contributed by atoms with Gasteiger partial charge in [-0.2, -0.15) is 0 Å². The Labute approximate surface area is 116 Å². The van der Waals surface area contributed by atoms with E-state index in [9.17, 15) is 0 Å². The van der Waals surface area contributed by atoms with Gasteiger partial charge in [-0.15, -0.1) is 11.3 Å². The molecule has 1 nitrogen and oxygen atoms in total. The Kier molecular flexibility index (Phi) is 4.50. The van der Waals surface area contributed by atoms with Crippen LogP contribution in [0.5, 0.6) is 0 Å². The van der Waals surface area contributed by atoms with Crippen LogP contribution in [-0.2, 0) is 0 Å². The second-order valence-corrected chi connectivity index (χ2v) is 7.74. The number of hydrogen-bond donors (Lipinski definition) is 1. The summed E-state index contributed by atoms with van der Waals surface area (Å²) in [7, 11) is 2.11. The normalized spacial score (nSPS) is 27.1. The van der Waals surface area contributed by atoms with Crippen molar-refractivity contribution in [2.24, 2.45) is 17.3 Å². The van der Waals surface area contributed by atoms with Crippen molar-refractivity contribution in [3.05, 3.63) is 22.4 Å². The molecule has 1 atom stereocenters. The lowest BCUT2D eigenvalue weighted by molar-refractivity contribution is 0.135. The van der Waals surface area contributed by atoms with Crippen molar-refractivity contribution in [3.63, 3.8) is 0 Å². The molecule has 1 unspecified atom stereocenters. The highest BCUT2D eigenvalue weighted by Crippen LogP contribution is 2.43. The second-order valence-electron chi connectivity index (χ2n) is 6.76. The van der Waals surface area contributed by atoms with Gasteiger partial charge in [0.15, 0.2) is 0 Å². The van der Waals surface area contributed by atoms with Crippen LogP contribution in [0.4, 0.5) is 0 Å². The zero-order valence-corrected chi connectivity index (χ0v) is 13.0. The highest BCUT2D eigenvalue weighted by Gasteiger charge is 2.33. The maximum atomic E-state index is 3.54. The molecule has 1 aromatic rings. The van der Waals surface area contributed by atoms with Gasteiger partial charge in [0.05, 0.1) is 0 Å². The van der Waals surface area contributed by atoms with Crippen molar-refractivity contribution in [1.29, 1.82) is 0 Å². The molecule has 18 heavy (non-hydrogen) atoms. The fraction of sp³-hybridized carbons (Fsp3) is 0.750. The molecule has 0 radical (unpaired) electrons. The first-order valence-corrected chi connectivity index (χ1v) is 8.11. The first-order chi connectivity index (χ1) is 8.52. The SMILES string of the molecule is CNC(c1cccs1)C1CCC(C(C)(C)C)CC1. The molecule has 1 aromatic heterocycles. The third kappa shape index (κ3) is 3.16. The van der Waals surface area contributed by atoms with E-state index in [-0.39, 0.29) is 0 Å². The van der Waals surface area contributed by atoms with E-state index in [1.54, 1.807) is 0 Å². The topological polar surface area (TPSA) is 12.0 Å². The van der Waals surface area contributed by atoms with Crippen LogP contribution >= 0.6 is 11.3 Å². The van der Waals surface area contributed by atoms with Crippen LogP contribution in [0.3, 0.4) is 0 Å². The number of rotatable bonds is 3. The lowest BCUT2D eigenvalue weighted by Crippen LogP contribution is -2.31. The van der Waals surface area contributed by atoms with Gasteiger partial charge in [0.1, 0.15) is 0 Å². The smallest absolute Gasteiger partial charge is 0.0440 e. The van der Waals surface area contributed by atoms with Crippen molar-refractivity contribution in [1.82, 2.24) is 5.32 Å². The number of thiophene rings is 1. The van der Waals surface area contributed by atoms with E-state index < -0.39 is 0 Å². The minimum Gasteiger partial charge on any atom is -0.312 e. The molecule has 0 amide bonds. The van der Waals surface area contributed by atoms with E-state index in [1.165, 1.54) is 30.6 Å². The average Bonchev–Trinajstić information content (AvgIpc) is 2.83. The van der Waals surface area contributed by atoms with E-state index in [0.29, 0.717) is 11.5 Å². The van der Waals surface area contributed by atoms with Crippen LogP contribution in [0, 0.1) is 17.3 Å². The van der Waals surface area contributed by atoms with Crippen LogP contribution in [0.1, 0.15) is 57.4 Å². The largest absolute Gasteiger partial charge is 0.312 e. The van der Waals surface area contributed by atoms with Crippen LogP contribution < -0.4 is 5.32 Å². The molecule has 0 spiro atoms. The molecule has 0 bridgehead atoms. The third-order valence-corrected chi connectivity index (χ3v) is 5.58. The molecule has 1 fully saturated rings. The van der Waals surface area contributed by atoms with Gasteiger partial charge in [-0.1, -0.05) is 26.8 Å². The molecule has 0 aromatic carbocycles. The van der Waals surface area contributed by atoms with Gasteiger partial charge in [-0.3, -0.25) is 0 Å². The Balaban J connectivity index is 1.96. The standard InChI is InChI=1S/C16H27NS/c1-16(2,3)13-9-7-12(8-10-13)15(17-4)14-6-5-11-18-14/h5-6,11-13,15,17H,7-10H2,1-4H3. The summed E-state index contributed by atoms with van der Waals surface area (Å²) in [6, 6.07) is 5.03. The van der Waals surface area contributed by atoms with Crippen molar-refractivity contribution in [3.8, 4) is 0 Å². The zero-order valence-electron chi connectivity index (χ0n) is 12.2. The molecule has 1 heterocycles. The van der Waals surface area contributed by atoms with E-state index in [1.807, 2.05) is 11.3 Å². The summed E-state index contributed by atoms with van der Waals surface area (Å²) in [6.07, 6.45) is 5.56. The van der Waals surface area contributed by atoms with Crippen molar-refractivity contribution < 1.29 is 0 Å². The number of hydrogen-bond acceptors (Lipinski definition) is 2. The molecule has 2 heteroatoms. The lowest BCUT2D eigenvalue weighted by atomic mass is 9.68. The summed E-state index contributed by atoms with van der Waals surface area (Å²) < 4.78 is 0. The third-order valence-electron chi connectivity index (χ3n) is 4.63. The highest BCUT2D eigenvalue weighted by molar-refractivity contribution is 7.10. The van der Waals surface area contributed by atoms with Crippen molar-refractivity contribution in [2.45, 2.75) is 52.5 Å². The van der Waals surface area contributed by atoms with Crippen LogP contribution in [0.25, 0.3) is 0 Å². The molecule has 1 aliphatic rings. The summed E-state index contributed by atoms with van der Waals surface area (Å²) >= 11 is 1.89. The van der Waals surface area contributed by atoms with Gasteiger partial charge in [0.25, 0.3) is 0 Å². The Morgan fingerprint density at radius 3 is 2.33 bits per heavy atom. The molecule has 1 saturated carbocycles. The maximum absolute atomic E-state index is 3.54. The van der Waals surface area contributed by atoms with E-state index in [4.69, 9.17) is 0 Å². The van der Waals surface area contributed by atoms with Gasteiger partial charge in [0, 0.05) is 10.9 Å². The summed E-state index contributed by atoms with van der Waals surface area (Å²) in [5, 5.41) is 5.73. The molecular formula is C16H27NS. The zero-order chi connectivity index (χ0) is 13.2. The highest BCUT2D eigenvalue weighted by atomic mass is 32.1. The predicted molar refractivity (Wildman–Crippen MR) is 81.0 cm³/mol. The summed E-state index contributed by atoms with van der Waals surface area (Å²) in [5.41, 5.74) is 0.489. The predicted octanol–water partition coefficient (Wildman–Crippen LogP) is 4.86. The van der Waals surface area contributed by atoms with Gasteiger partial charge in [-0.25, -0.2) is 0 Å². The molecular weight excluding hydrogens is 238 g/mol. The minimum atomic E-state index is 0.489. The van der Waals surface area contributed by atoms with Crippen molar-refractivity contribution >= 4 is 11.3 Å². The average molecular weight is 265 g/mol. The molecule has 0 saturated heterocycles. The van der Waals surface area contributed by atoms with E-state index in [2.05, 4.69) is 50.6 Å². The molecule has 1 aliphatic carbocycles. The van der Waals surface area contributed by atoms with Crippen LogP contribution in [0.15, 0.2) is 17.5 Å². The summed E-state index contributed by atoms with van der Waals surface area (Å²) in [4.78, 5) is 1.51. The van der Waals surface area contributed by atoms with Crippen molar-refractivity contribution in [2.75, 3.05) is 7.05 Å². The maximum Gasteiger partial charge on any atom is 0.0440 e. The molecule has 2 rings (SSSR count). The summed E-state index contributed by atoms with van der Waals surface area (Å²) in [5.74, 6) is 1.74. The first kappa shape index (κ1) is 14.1. The quantitative estimate of drug-likeness (QED) is 0.823. The Hall–Kier alpha value is -0.340. The monoisotopic (exact) mass is 265 g/mol. The Morgan fingerprint density at radius 1 is 1.22 bits per heavy atom. The van der Waals surface area contributed by atoms with Crippen LogP contribution in [0.2, 0.25) is 0 Å². The van der Waals surface area contributed by atoms with E-state index in [0.717, 1.165) is 11.8 Å². The second kappa shape index (κ2) is 5.75. The molecule has 102 valence electrons. The molecule has 1 N–H and O–H groups in total. The number of nitrogens with one attached hydrogen (secondary N) is 1. The summed E-state index contributed by atoms with van der Waals surface area (Å²) in [6.45, 7) is 7.19. The van der Waals surface area contributed by atoms with Gasteiger partial charge < -0.3 is 5.32 Å². The lowest BCUT2D eigenvalue weighted by Gasteiger charge is -2.39. The fourth-order valence-corrected chi connectivity index (χ4v) is 4.33. The minimum absolute atomic E-state index is 0.489. The van der Waals surface area contributed by atoms with E-state index >= 15 is 0 Å². The van der Waals surface area contributed by atoms with Gasteiger partial charge in [-0.05, 0) is 61.4 Å². The van der Waals surface area contributed by atoms with Gasteiger partial charge in [0.2, 0.25) is 0 Å². The van der Waals surface area contributed by atoms with Gasteiger partial charge >= 0.3 is 0 Å². The molecule has 0 aliphatic heterocycles. The Bertz CT molecular complexity index is 342.